The lowest BCUT2D eigenvalue weighted by molar-refractivity contribution is -0.0431. The summed E-state index contributed by atoms with van der Waals surface area (Å²) in [5.74, 6) is 0.985. The first-order valence-corrected chi connectivity index (χ1v) is 7.14. The molecule has 19 heavy (non-hydrogen) atoms. The summed E-state index contributed by atoms with van der Waals surface area (Å²) in [6.45, 7) is 5.89. The van der Waals surface area contributed by atoms with Crippen LogP contribution < -0.4 is 14.8 Å². The third kappa shape index (κ3) is 2.51. The Balaban J connectivity index is 1.77. The van der Waals surface area contributed by atoms with Gasteiger partial charge in [0.2, 0.25) is 5.79 Å². The van der Waals surface area contributed by atoms with Crippen LogP contribution in [0.2, 0.25) is 0 Å². The summed E-state index contributed by atoms with van der Waals surface area (Å²) in [5, 5.41) is 5.46. The predicted molar refractivity (Wildman–Crippen MR) is 75.9 cm³/mol. The van der Waals surface area contributed by atoms with Gasteiger partial charge in [-0.15, -0.1) is 11.3 Å². The number of rotatable bonds is 3. The van der Waals surface area contributed by atoms with E-state index in [1.807, 2.05) is 42.9 Å². The van der Waals surface area contributed by atoms with Gasteiger partial charge in [0, 0.05) is 31.0 Å². The lowest BCUT2D eigenvalue weighted by Gasteiger charge is -2.16. The van der Waals surface area contributed by atoms with Crippen LogP contribution in [0.15, 0.2) is 29.1 Å². The van der Waals surface area contributed by atoms with Crippen molar-refractivity contribution in [2.24, 2.45) is 0 Å². The molecule has 2 heterocycles. The number of nitrogens with zero attached hydrogens (tertiary/aromatic N) is 1. The summed E-state index contributed by atoms with van der Waals surface area (Å²) in [6.07, 6.45) is 0. The second-order valence-electron chi connectivity index (χ2n) is 5.04. The van der Waals surface area contributed by atoms with Crippen molar-refractivity contribution in [1.29, 1.82) is 0 Å². The molecular weight excluding hydrogens is 260 g/mol. The predicted octanol–water partition coefficient (Wildman–Crippen LogP) is 3.82. The number of hydrogen-bond donors (Lipinski definition) is 1. The molecule has 0 radical (unpaired) electrons. The Morgan fingerprint density at radius 2 is 2.05 bits per heavy atom. The van der Waals surface area contributed by atoms with Crippen molar-refractivity contribution in [3.63, 3.8) is 0 Å². The minimum atomic E-state index is -0.582. The van der Waals surface area contributed by atoms with Crippen LogP contribution in [0.3, 0.4) is 0 Å². The van der Waals surface area contributed by atoms with E-state index in [0.29, 0.717) is 0 Å². The van der Waals surface area contributed by atoms with Crippen molar-refractivity contribution in [3.8, 4) is 11.5 Å². The number of aromatic nitrogens is 1. The molecule has 0 saturated carbocycles. The zero-order valence-corrected chi connectivity index (χ0v) is 12.0. The summed E-state index contributed by atoms with van der Waals surface area (Å²) < 4.78 is 11.4. The molecule has 5 heteroatoms. The number of nitrogens with one attached hydrogen (secondary N) is 1. The summed E-state index contributed by atoms with van der Waals surface area (Å²) in [5.41, 5.74) is 3.89. The molecule has 0 fully saturated rings. The molecule has 0 aliphatic carbocycles. The minimum Gasteiger partial charge on any atom is -0.449 e. The molecule has 2 aromatic rings. The first kappa shape index (κ1) is 12.3. The van der Waals surface area contributed by atoms with Crippen LogP contribution in [-0.4, -0.2) is 10.8 Å². The highest BCUT2D eigenvalue weighted by molar-refractivity contribution is 7.07. The van der Waals surface area contributed by atoms with Crippen LogP contribution in [0, 0.1) is 0 Å². The molecule has 100 valence electrons. The Morgan fingerprint density at radius 3 is 2.79 bits per heavy atom. The molecule has 1 unspecified atom stereocenters. The Hall–Kier alpha value is -1.75. The minimum absolute atomic E-state index is 0.166. The lowest BCUT2D eigenvalue weighted by Crippen LogP contribution is -2.29. The fourth-order valence-corrected chi connectivity index (χ4v) is 2.72. The van der Waals surface area contributed by atoms with E-state index in [-0.39, 0.29) is 6.04 Å². The van der Waals surface area contributed by atoms with E-state index in [9.17, 15) is 0 Å². The van der Waals surface area contributed by atoms with Crippen LogP contribution >= 0.6 is 11.3 Å². The smallest absolute Gasteiger partial charge is 0.246 e. The average Bonchev–Trinajstić information content (AvgIpc) is 2.93. The van der Waals surface area contributed by atoms with Gasteiger partial charge in [0.05, 0.1) is 17.2 Å². The van der Waals surface area contributed by atoms with E-state index in [4.69, 9.17) is 9.47 Å². The SMILES string of the molecule is CC(Nc1ccc2c(c1)OC(C)(C)O2)c1cscn1. The summed E-state index contributed by atoms with van der Waals surface area (Å²) in [4.78, 5) is 4.31. The van der Waals surface area contributed by atoms with E-state index in [0.717, 1.165) is 22.9 Å². The van der Waals surface area contributed by atoms with E-state index in [2.05, 4.69) is 17.2 Å². The largest absolute Gasteiger partial charge is 0.449 e. The maximum Gasteiger partial charge on any atom is 0.246 e. The molecule has 0 saturated heterocycles. The van der Waals surface area contributed by atoms with Crippen molar-refractivity contribution in [3.05, 3.63) is 34.8 Å². The summed E-state index contributed by atoms with van der Waals surface area (Å²) in [7, 11) is 0. The fourth-order valence-electron chi connectivity index (χ4n) is 2.07. The third-order valence-corrected chi connectivity index (χ3v) is 3.54. The van der Waals surface area contributed by atoms with E-state index in [1.54, 1.807) is 11.3 Å². The molecule has 4 nitrogen and oxygen atoms in total. The summed E-state index contributed by atoms with van der Waals surface area (Å²) in [6, 6.07) is 6.05. The number of ether oxygens (including phenoxy) is 2. The van der Waals surface area contributed by atoms with Crippen LogP contribution in [0.5, 0.6) is 11.5 Å². The van der Waals surface area contributed by atoms with Gasteiger partial charge in [-0.05, 0) is 19.1 Å². The second kappa shape index (κ2) is 4.42. The molecule has 0 bridgehead atoms. The van der Waals surface area contributed by atoms with Gasteiger partial charge in [-0.25, -0.2) is 4.98 Å². The van der Waals surface area contributed by atoms with Gasteiger partial charge in [-0.2, -0.15) is 0 Å². The number of fused-ring (bicyclic) bond motifs is 1. The average molecular weight is 276 g/mol. The Bertz CT molecular complexity index is 581. The zero-order valence-electron chi connectivity index (χ0n) is 11.1. The van der Waals surface area contributed by atoms with Crippen molar-refractivity contribution in [2.75, 3.05) is 5.32 Å². The number of benzene rings is 1. The molecule has 0 spiro atoms. The number of anilines is 1. The highest BCUT2D eigenvalue weighted by Gasteiger charge is 2.31. The number of thiazole rings is 1. The van der Waals surface area contributed by atoms with Crippen molar-refractivity contribution in [2.45, 2.75) is 32.6 Å². The zero-order chi connectivity index (χ0) is 13.5. The topological polar surface area (TPSA) is 43.4 Å². The highest BCUT2D eigenvalue weighted by Crippen LogP contribution is 2.41. The maximum atomic E-state index is 5.73. The monoisotopic (exact) mass is 276 g/mol. The Labute approximate surface area is 116 Å². The molecule has 3 rings (SSSR count). The normalized spacial score (nSPS) is 17.2. The van der Waals surface area contributed by atoms with Gasteiger partial charge >= 0.3 is 0 Å². The Kier molecular flexibility index (Phi) is 2.86. The quantitative estimate of drug-likeness (QED) is 0.925. The van der Waals surface area contributed by atoms with E-state index < -0.39 is 5.79 Å². The molecule has 1 N–H and O–H groups in total. The van der Waals surface area contributed by atoms with Gasteiger partial charge in [0.25, 0.3) is 0 Å². The van der Waals surface area contributed by atoms with Crippen LogP contribution in [0.1, 0.15) is 32.5 Å². The molecule has 1 aliphatic heterocycles. The fraction of sp³-hybridized carbons (Fsp3) is 0.357. The Morgan fingerprint density at radius 1 is 1.26 bits per heavy atom. The van der Waals surface area contributed by atoms with Crippen LogP contribution in [0.4, 0.5) is 5.69 Å². The molecule has 0 amide bonds. The van der Waals surface area contributed by atoms with E-state index >= 15 is 0 Å². The van der Waals surface area contributed by atoms with Gasteiger partial charge in [0.15, 0.2) is 11.5 Å². The first-order chi connectivity index (χ1) is 9.03. The first-order valence-electron chi connectivity index (χ1n) is 6.20. The molecule has 1 atom stereocenters. The highest BCUT2D eigenvalue weighted by atomic mass is 32.1. The lowest BCUT2D eigenvalue weighted by atomic mass is 10.2. The van der Waals surface area contributed by atoms with Crippen molar-refractivity contribution >= 4 is 17.0 Å². The molecule has 1 aliphatic rings. The van der Waals surface area contributed by atoms with Crippen LogP contribution in [0.25, 0.3) is 0 Å². The summed E-state index contributed by atoms with van der Waals surface area (Å²) >= 11 is 1.60. The molecule has 1 aromatic carbocycles. The van der Waals surface area contributed by atoms with Gasteiger partial charge in [-0.3, -0.25) is 0 Å². The van der Waals surface area contributed by atoms with Gasteiger partial charge < -0.3 is 14.8 Å². The van der Waals surface area contributed by atoms with Crippen LogP contribution in [-0.2, 0) is 0 Å². The van der Waals surface area contributed by atoms with E-state index in [1.165, 1.54) is 0 Å². The standard InChI is InChI=1S/C14H16N2O2S/c1-9(11-7-19-8-15-11)16-10-4-5-12-13(6-10)18-14(2,3)17-12/h4-9,16H,1-3H3. The van der Waals surface area contributed by atoms with Crippen molar-refractivity contribution < 1.29 is 9.47 Å². The second-order valence-corrected chi connectivity index (χ2v) is 5.76. The number of hydrogen-bond acceptors (Lipinski definition) is 5. The third-order valence-electron chi connectivity index (χ3n) is 2.93. The maximum absolute atomic E-state index is 5.73. The van der Waals surface area contributed by atoms with Crippen molar-refractivity contribution in [1.82, 2.24) is 4.98 Å². The molecular formula is C14H16N2O2S. The van der Waals surface area contributed by atoms with Gasteiger partial charge in [0.1, 0.15) is 0 Å². The van der Waals surface area contributed by atoms with Gasteiger partial charge in [-0.1, -0.05) is 0 Å². The molecule has 1 aromatic heterocycles.